The Morgan fingerprint density at radius 1 is 1.25 bits per heavy atom. The molecule has 16 heavy (non-hydrogen) atoms. The third kappa shape index (κ3) is 2.68. The van der Waals surface area contributed by atoms with Crippen LogP contribution in [0.2, 0.25) is 5.15 Å². The van der Waals surface area contributed by atoms with E-state index in [0.29, 0.717) is 5.15 Å². The van der Waals surface area contributed by atoms with E-state index in [1.54, 1.807) is 25.1 Å². The molecule has 82 valence electrons. The summed E-state index contributed by atoms with van der Waals surface area (Å²) in [6.07, 6.45) is 1.69. The Morgan fingerprint density at radius 3 is 2.81 bits per heavy atom. The number of hydrogen-bond acceptors (Lipinski definition) is 3. The highest BCUT2D eigenvalue weighted by atomic mass is 35.5. The van der Waals surface area contributed by atoms with E-state index in [9.17, 15) is 0 Å². The standard InChI is InChI=1S/C12H10ClNOS/c1-15-10-4-2-3-5-11(10)16-9-6-7-14-12(13)8-9/h2-8H,1H3. The van der Waals surface area contributed by atoms with Gasteiger partial charge in [0, 0.05) is 11.1 Å². The Labute approximate surface area is 104 Å². The van der Waals surface area contributed by atoms with Crippen molar-refractivity contribution in [3.05, 3.63) is 47.7 Å². The maximum absolute atomic E-state index is 5.83. The lowest BCUT2D eigenvalue weighted by Crippen LogP contribution is -1.85. The molecule has 0 bridgehead atoms. The fourth-order valence-corrected chi connectivity index (χ4v) is 2.47. The number of aromatic nitrogens is 1. The van der Waals surface area contributed by atoms with Crippen LogP contribution in [0.3, 0.4) is 0 Å². The summed E-state index contributed by atoms with van der Waals surface area (Å²) >= 11 is 7.43. The molecule has 0 radical (unpaired) electrons. The van der Waals surface area contributed by atoms with Crippen molar-refractivity contribution in [1.29, 1.82) is 0 Å². The molecule has 0 N–H and O–H groups in total. The van der Waals surface area contributed by atoms with Crippen molar-refractivity contribution in [3.63, 3.8) is 0 Å². The first-order valence-electron chi connectivity index (χ1n) is 4.72. The molecule has 2 nitrogen and oxygen atoms in total. The van der Waals surface area contributed by atoms with Gasteiger partial charge in [-0.2, -0.15) is 0 Å². The quantitative estimate of drug-likeness (QED) is 0.773. The summed E-state index contributed by atoms with van der Waals surface area (Å²) in [5.74, 6) is 0.862. The lowest BCUT2D eigenvalue weighted by Gasteiger charge is -2.07. The second kappa shape index (κ2) is 5.23. The summed E-state index contributed by atoms with van der Waals surface area (Å²) in [6.45, 7) is 0. The molecule has 1 aromatic carbocycles. The number of benzene rings is 1. The number of pyridine rings is 1. The van der Waals surface area contributed by atoms with Gasteiger partial charge in [-0.25, -0.2) is 4.98 Å². The van der Waals surface area contributed by atoms with E-state index in [-0.39, 0.29) is 0 Å². The van der Waals surface area contributed by atoms with Crippen LogP contribution in [0.15, 0.2) is 52.4 Å². The smallest absolute Gasteiger partial charge is 0.132 e. The van der Waals surface area contributed by atoms with Gasteiger partial charge in [-0.1, -0.05) is 35.5 Å². The summed E-state index contributed by atoms with van der Waals surface area (Å²) in [7, 11) is 1.67. The Bertz CT molecular complexity index is 490. The van der Waals surface area contributed by atoms with Crippen LogP contribution in [0.4, 0.5) is 0 Å². The summed E-state index contributed by atoms with van der Waals surface area (Å²) in [6, 6.07) is 11.6. The van der Waals surface area contributed by atoms with E-state index in [0.717, 1.165) is 15.5 Å². The van der Waals surface area contributed by atoms with Crippen LogP contribution in [-0.4, -0.2) is 12.1 Å². The van der Waals surface area contributed by atoms with E-state index in [2.05, 4.69) is 4.98 Å². The number of methoxy groups -OCH3 is 1. The van der Waals surface area contributed by atoms with Gasteiger partial charge < -0.3 is 4.74 Å². The van der Waals surface area contributed by atoms with Crippen LogP contribution in [-0.2, 0) is 0 Å². The first-order valence-corrected chi connectivity index (χ1v) is 5.91. The number of rotatable bonds is 3. The van der Waals surface area contributed by atoms with Crippen molar-refractivity contribution in [3.8, 4) is 5.75 Å². The number of ether oxygens (including phenoxy) is 1. The third-order valence-corrected chi connectivity index (χ3v) is 3.25. The highest BCUT2D eigenvalue weighted by Gasteiger charge is 2.04. The molecular formula is C12H10ClNOS. The Hall–Kier alpha value is -1.19. The SMILES string of the molecule is COc1ccccc1Sc1ccnc(Cl)c1. The van der Waals surface area contributed by atoms with Crippen LogP contribution in [0, 0.1) is 0 Å². The molecule has 2 aromatic rings. The van der Waals surface area contributed by atoms with Crippen LogP contribution in [0.5, 0.6) is 5.75 Å². The monoisotopic (exact) mass is 251 g/mol. The third-order valence-electron chi connectivity index (χ3n) is 1.99. The summed E-state index contributed by atoms with van der Waals surface area (Å²) in [5.41, 5.74) is 0. The molecule has 0 aliphatic heterocycles. The average molecular weight is 252 g/mol. The summed E-state index contributed by atoms with van der Waals surface area (Å²) in [5, 5.41) is 0.500. The zero-order valence-electron chi connectivity index (χ0n) is 8.68. The molecule has 0 aliphatic carbocycles. The van der Waals surface area contributed by atoms with E-state index >= 15 is 0 Å². The summed E-state index contributed by atoms with van der Waals surface area (Å²) in [4.78, 5) is 6.05. The van der Waals surface area contributed by atoms with Crippen molar-refractivity contribution in [1.82, 2.24) is 4.98 Å². The van der Waals surface area contributed by atoms with Gasteiger partial charge in [-0.05, 0) is 24.3 Å². The first-order chi connectivity index (χ1) is 7.79. The predicted molar refractivity (Wildman–Crippen MR) is 66.4 cm³/mol. The fourth-order valence-electron chi connectivity index (χ4n) is 1.28. The van der Waals surface area contributed by atoms with Crippen LogP contribution >= 0.6 is 23.4 Å². The van der Waals surface area contributed by atoms with Gasteiger partial charge in [0.15, 0.2) is 0 Å². The van der Waals surface area contributed by atoms with Crippen molar-refractivity contribution >= 4 is 23.4 Å². The van der Waals surface area contributed by atoms with Crippen LogP contribution < -0.4 is 4.74 Å². The van der Waals surface area contributed by atoms with E-state index in [4.69, 9.17) is 16.3 Å². The number of nitrogens with zero attached hydrogens (tertiary/aromatic N) is 1. The predicted octanol–water partition coefficient (Wildman–Crippen LogP) is 3.89. The van der Waals surface area contributed by atoms with E-state index < -0.39 is 0 Å². The minimum absolute atomic E-state index is 0.500. The van der Waals surface area contributed by atoms with Gasteiger partial charge in [0.2, 0.25) is 0 Å². The lowest BCUT2D eigenvalue weighted by molar-refractivity contribution is 0.405. The minimum atomic E-state index is 0.500. The zero-order chi connectivity index (χ0) is 11.4. The average Bonchev–Trinajstić information content (AvgIpc) is 2.30. The van der Waals surface area contributed by atoms with E-state index in [1.807, 2.05) is 36.4 Å². The van der Waals surface area contributed by atoms with Crippen LogP contribution in [0.25, 0.3) is 0 Å². The molecule has 0 amide bonds. The second-order valence-corrected chi connectivity index (χ2v) is 4.57. The second-order valence-electron chi connectivity index (χ2n) is 3.07. The Morgan fingerprint density at radius 2 is 2.06 bits per heavy atom. The Balaban J connectivity index is 2.26. The maximum Gasteiger partial charge on any atom is 0.132 e. The molecule has 0 unspecified atom stereocenters. The molecule has 2 rings (SSSR count). The van der Waals surface area contributed by atoms with Gasteiger partial charge >= 0.3 is 0 Å². The maximum atomic E-state index is 5.83. The minimum Gasteiger partial charge on any atom is -0.496 e. The topological polar surface area (TPSA) is 22.1 Å². The van der Waals surface area contributed by atoms with Gasteiger partial charge in [0.05, 0.1) is 12.0 Å². The van der Waals surface area contributed by atoms with Gasteiger partial charge in [0.25, 0.3) is 0 Å². The molecule has 1 heterocycles. The molecule has 0 saturated carbocycles. The molecule has 0 spiro atoms. The highest BCUT2D eigenvalue weighted by Crippen LogP contribution is 2.34. The molecular weight excluding hydrogens is 242 g/mol. The molecule has 0 fully saturated rings. The van der Waals surface area contributed by atoms with Crippen molar-refractivity contribution < 1.29 is 4.74 Å². The van der Waals surface area contributed by atoms with Crippen LogP contribution in [0.1, 0.15) is 0 Å². The van der Waals surface area contributed by atoms with Gasteiger partial charge in [-0.15, -0.1) is 0 Å². The van der Waals surface area contributed by atoms with Crippen molar-refractivity contribution in [2.75, 3.05) is 7.11 Å². The summed E-state index contributed by atoms with van der Waals surface area (Å²) < 4.78 is 5.28. The number of para-hydroxylation sites is 1. The zero-order valence-corrected chi connectivity index (χ0v) is 10.3. The normalized spacial score (nSPS) is 10.1. The lowest BCUT2D eigenvalue weighted by atomic mass is 10.3. The first kappa shape index (κ1) is 11.3. The molecule has 4 heteroatoms. The number of halogens is 1. The highest BCUT2D eigenvalue weighted by molar-refractivity contribution is 7.99. The largest absolute Gasteiger partial charge is 0.496 e. The van der Waals surface area contributed by atoms with Gasteiger partial charge in [-0.3, -0.25) is 0 Å². The van der Waals surface area contributed by atoms with Crippen molar-refractivity contribution in [2.45, 2.75) is 9.79 Å². The van der Waals surface area contributed by atoms with Gasteiger partial charge in [0.1, 0.15) is 10.9 Å². The van der Waals surface area contributed by atoms with E-state index in [1.165, 1.54) is 0 Å². The van der Waals surface area contributed by atoms with Crippen molar-refractivity contribution in [2.24, 2.45) is 0 Å². The molecule has 0 atom stereocenters. The Kier molecular flexibility index (Phi) is 3.70. The number of hydrogen-bond donors (Lipinski definition) is 0. The fraction of sp³-hybridized carbons (Fsp3) is 0.0833. The molecule has 0 aliphatic rings. The molecule has 1 aromatic heterocycles. The molecule has 0 saturated heterocycles.